The topological polar surface area (TPSA) is 49.7 Å². The van der Waals surface area contributed by atoms with Gasteiger partial charge in [0.1, 0.15) is 5.82 Å². The highest BCUT2D eigenvalue weighted by atomic mass is 28.4. The molecule has 0 saturated carbocycles. The fraction of sp³-hybridized carbons (Fsp3) is 0.538. The number of hydrogen-bond acceptors (Lipinski definition) is 3. The molecular formula is C13H21FO3Si. The number of rotatable bonds is 8. The van der Waals surface area contributed by atoms with Crippen LogP contribution in [0.5, 0.6) is 0 Å². The highest BCUT2D eigenvalue weighted by Gasteiger charge is 2.29. The first kappa shape index (κ1) is 15.3. The summed E-state index contributed by atoms with van der Waals surface area (Å²) in [4.78, 5) is 18.6. The second-order valence-corrected chi connectivity index (χ2v) is 6.88. The van der Waals surface area contributed by atoms with Crippen molar-refractivity contribution in [1.29, 1.82) is 0 Å². The molecule has 102 valence electrons. The van der Waals surface area contributed by atoms with E-state index in [1.54, 1.807) is 12.1 Å². The molecule has 1 rings (SSSR count). The molecule has 0 unspecified atom stereocenters. The molecule has 2 N–H and O–H groups in total. The summed E-state index contributed by atoms with van der Waals surface area (Å²) in [5.41, 5.74) is 1.14. The van der Waals surface area contributed by atoms with Crippen LogP contribution in [0.15, 0.2) is 24.3 Å². The van der Waals surface area contributed by atoms with Crippen LogP contribution in [0.3, 0.4) is 0 Å². The normalized spacial score (nSPS) is 11.8. The first-order valence-corrected chi connectivity index (χ1v) is 8.29. The zero-order valence-corrected chi connectivity index (χ0v) is 11.7. The van der Waals surface area contributed by atoms with Crippen LogP contribution in [0.4, 0.5) is 4.39 Å². The lowest BCUT2D eigenvalue weighted by molar-refractivity contribution is 0.183. The van der Waals surface area contributed by atoms with Crippen molar-refractivity contribution in [3.8, 4) is 0 Å². The molecule has 0 saturated heterocycles. The highest BCUT2D eigenvalue weighted by Crippen LogP contribution is 2.13. The van der Waals surface area contributed by atoms with Gasteiger partial charge in [-0.1, -0.05) is 25.0 Å². The van der Waals surface area contributed by atoms with Crippen molar-refractivity contribution in [3.63, 3.8) is 0 Å². The van der Waals surface area contributed by atoms with Crippen molar-refractivity contribution in [1.82, 2.24) is 0 Å². The average Bonchev–Trinajstić information content (AvgIpc) is 2.36. The predicted molar refractivity (Wildman–Crippen MR) is 70.6 cm³/mol. The van der Waals surface area contributed by atoms with E-state index in [0.29, 0.717) is 6.04 Å². The molecule has 0 aliphatic rings. The Hall–Kier alpha value is -0.753. The lowest BCUT2D eigenvalue weighted by atomic mass is 10.1. The maximum Gasteiger partial charge on any atom is 0.495 e. The molecule has 0 aliphatic carbocycles. The Morgan fingerprint density at radius 1 is 1.06 bits per heavy atom. The van der Waals surface area contributed by atoms with Gasteiger partial charge in [0.15, 0.2) is 0 Å². The molecule has 0 radical (unpaired) electrons. The third kappa shape index (κ3) is 6.25. The van der Waals surface area contributed by atoms with Gasteiger partial charge in [-0.25, -0.2) is 4.39 Å². The van der Waals surface area contributed by atoms with E-state index in [1.807, 2.05) is 0 Å². The Bertz CT molecular complexity index is 341. The van der Waals surface area contributed by atoms with Crippen LogP contribution < -0.4 is 0 Å². The Morgan fingerprint density at radius 3 is 2.28 bits per heavy atom. The summed E-state index contributed by atoms with van der Waals surface area (Å²) in [5.74, 6) is -0.203. The van der Waals surface area contributed by atoms with Crippen LogP contribution in [0.2, 0.25) is 6.04 Å². The largest absolute Gasteiger partial charge is 0.495 e. The smallest absolute Gasteiger partial charge is 0.390 e. The lowest BCUT2D eigenvalue weighted by Crippen LogP contribution is -2.37. The minimum absolute atomic E-state index is 0.203. The summed E-state index contributed by atoms with van der Waals surface area (Å²) in [5, 5.41) is 0. The van der Waals surface area contributed by atoms with Crippen molar-refractivity contribution in [2.45, 2.75) is 38.1 Å². The van der Waals surface area contributed by atoms with Gasteiger partial charge in [-0.05, 0) is 37.0 Å². The van der Waals surface area contributed by atoms with Crippen LogP contribution in [0.25, 0.3) is 0 Å². The molecule has 1 aromatic carbocycles. The third-order valence-electron chi connectivity index (χ3n) is 2.96. The van der Waals surface area contributed by atoms with E-state index in [1.165, 1.54) is 19.2 Å². The number of benzene rings is 1. The van der Waals surface area contributed by atoms with Gasteiger partial charge in [0.25, 0.3) is 0 Å². The van der Waals surface area contributed by atoms with Crippen molar-refractivity contribution < 1.29 is 18.4 Å². The van der Waals surface area contributed by atoms with E-state index < -0.39 is 8.80 Å². The summed E-state index contributed by atoms with van der Waals surface area (Å²) in [6, 6.07) is 6.93. The van der Waals surface area contributed by atoms with Gasteiger partial charge in [0, 0.05) is 13.2 Å². The average molecular weight is 272 g/mol. The highest BCUT2D eigenvalue weighted by molar-refractivity contribution is 6.57. The standard InChI is InChI=1S/C13H21FO3Si/c1-17-18(15,16)11-5-3-2-4-6-12-7-9-13(14)10-8-12/h7-10,15-16H,2-6,11H2,1H3. The van der Waals surface area contributed by atoms with Gasteiger partial charge < -0.3 is 14.0 Å². The minimum Gasteiger partial charge on any atom is -0.390 e. The van der Waals surface area contributed by atoms with E-state index in [4.69, 9.17) is 0 Å². The van der Waals surface area contributed by atoms with Gasteiger partial charge in [-0.3, -0.25) is 0 Å². The molecule has 0 aromatic heterocycles. The summed E-state index contributed by atoms with van der Waals surface area (Å²) < 4.78 is 17.3. The van der Waals surface area contributed by atoms with Crippen molar-refractivity contribution in [3.05, 3.63) is 35.6 Å². The van der Waals surface area contributed by atoms with Gasteiger partial charge in [-0.2, -0.15) is 0 Å². The number of halogens is 1. The molecule has 0 fully saturated rings. The Morgan fingerprint density at radius 2 is 1.67 bits per heavy atom. The molecule has 0 heterocycles. The van der Waals surface area contributed by atoms with Gasteiger partial charge in [0.2, 0.25) is 0 Å². The Labute approximate surface area is 109 Å². The van der Waals surface area contributed by atoms with Crippen LogP contribution in [0, 0.1) is 5.82 Å². The molecular weight excluding hydrogens is 251 g/mol. The first-order chi connectivity index (χ1) is 8.53. The van der Waals surface area contributed by atoms with Gasteiger partial charge in [0.05, 0.1) is 0 Å². The van der Waals surface area contributed by atoms with Crippen molar-refractivity contribution in [2.75, 3.05) is 7.11 Å². The molecule has 1 aromatic rings. The van der Waals surface area contributed by atoms with Crippen LogP contribution in [-0.2, 0) is 10.8 Å². The molecule has 0 bridgehead atoms. The maximum atomic E-state index is 12.7. The summed E-state index contributed by atoms with van der Waals surface area (Å²) >= 11 is 0. The first-order valence-electron chi connectivity index (χ1n) is 6.28. The molecule has 0 spiro atoms. The van der Waals surface area contributed by atoms with E-state index in [0.717, 1.165) is 37.7 Å². The number of hydrogen-bond donors (Lipinski definition) is 2. The third-order valence-corrected chi connectivity index (χ3v) is 4.62. The molecule has 0 amide bonds. The zero-order valence-electron chi connectivity index (χ0n) is 10.7. The van der Waals surface area contributed by atoms with Crippen LogP contribution in [-0.4, -0.2) is 25.5 Å². The second kappa shape index (κ2) is 7.63. The summed E-state index contributed by atoms with van der Waals surface area (Å²) in [6.45, 7) is 0. The second-order valence-electron chi connectivity index (χ2n) is 4.49. The molecule has 0 atom stereocenters. The summed E-state index contributed by atoms with van der Waals surface area (Å²) in [7, 11) is -2.02. The monoisotopic (exact) mass is 272 g/mol. The van der Waals surface area contributed by atoms with Gasteiger partial charge >= 0.3 is 8.80 Å². The van der Waals surface area contributed by atoms with E-state index >= 15 is 0 Å². The summed E-state index contributed by atoms with van der Waals surface area (Å²) in [6.07, 6.45) is 4.73. The molecule has 3 nitrogen and oxygen atoms in total. The van der Waals surface area contributed by atoms with E-state index in [2.05, 4.69) is 4.43 Å². The zero-order chi connectivity index (χ0) is 13.4. The van der Waals surface area contributed by atoms with Gasteiger partial charge in [-0.15, -0.1) is 0 Å². The predicted octanol–water partition coefficient (Wildman–Crippen LogP) is 2.50. The minimum atomic E-state index is -3.35. The maximum absolute atomic E-state index is 12.7. The SMILES string of the molecule is CO[Si](O)(O)CCCCCCc1ccc(F)cc1. The van der Waals surface area contributed by atoms with Crippen LogP contribution >= 0.6 is 0 Å². The van der Waals surface area contributed by atoms with Crippen molar-refractivity contribution in [2.24, 2.45) is 0 Å². The van der Waals surface area contributed by atoms with E-state index in [9.17, 15) is 14.0 Å². The number of unbranched alkanes of at least 4 members (excludes halogenated alkanes) is 3. The molecule has 18 heavy (non-hydrogen) atoms. The fourth-order valence-corrected chi connectivity index (χ4v) is 2.71. The van der Waals surface area contributed by atoms with E-state index in [-0.39, 0.29) is 5.82 Å². The fourth-order valence-electron chi connectivity index (χ4n) is 1.79. The van der Waals surface area contributed by atoms with Crippen molar-refractivity contribution >= 4 is 8.80 Å². The lowest BCUT2D eigenvalue weighted by Gasteiger charge is -2.13. The Kier molecular flexibility index (Phi) is 6.49. The van der Waals surface area contributed by atoms with Crippen LogP contribution in [0.1, 0.15) is 31.2 Å². The number of aryl methyl sites for hydroxylation is 1. The molecule has 0 aliphatic heterocycles. The quantitative estimate of drug-likeness (QED) is 0.564. The Balaban J connectivity index is 2.07. The molecule has 5 heteroatoms.